The van der Waals surface area contributed by atoms with Crippen LogP contribution in [0.1, 0.15) is 39.5 Å². The molecular formula is C30H30N2O3. The van der Waals surface area contributed by atoms with Gasteiger partial charge in [-0.3, -0.25) is 0 Å². The predicted octanol–water partition coefficient (Wildman–Crippen LogP) is 8.01. The Morgan fingerprint density at radius 2 is 1.69 bits per heavy atom. The maximum absolute atomic E-state index is 10.5. The molecule has 5 nitrogen and oxygen atoms in total. The van der Waals surface area contributed by atoms with Gasteiger partial charge in [0.05, 0.1) is 17.9 Å². The van der Waals surface area contributed by atoms with E-state index in [0.717, 1.165) is 46.0 Å². The number of hydrogen-bond acceptors (Lipinski definition) is 5. The summed E-state index contributed by atoms with van der Waals surface area (Å²) in [6.45, 7) is 5.02. The molecule has 5 heteroatoms. The second-order valence-electron chi connectivity index (χ2n) is 8.97. The van der Waals surface area contributed by atoms with Crippen molar-refractivity contribution >= 4 is 21.9 Å². The number of fused-ring (bicyclic) bond motifs is 3. The van der Waals surface area contributed by atoms with E-state index in [1.165, 1.54) is 12.8 Å². The molecule has 2 heterocycles. The predicted molar refractivity (Wildman–Crippen MR) is 141 cm³/mol. The highest BCUT2D eigenvalue weighted by molar-refractivity contribution is 6.05. The molecule has 1 N–H and O–H groups in total. The van der Waals surface area contributed by atoms with E-state index in [-0.39, 0.29) is 5.75 Å². The molecule has 0 amide bonds. The molecule has 1 unspecified atom stereocenters. The van der Waals surface area contributed by atoms with Crippen molar-refractivity contribution in [2.75, 3.05) is 6.61 Å². The summed E-state index contributed by atoms with van der Waals surface area (Å²) in [6, 6.07) is 23.1. The molecule has 0 bridgehead atoms. The number of para-hydroxylation sites is 2. The number of ether oxygens (including phenoxy) is 1. The van der Waals surface area contributed by atoms with Crippen molar-refractivity contribution in [1.29, 1.82) is 0 Å². The van der Waals surface area contributed by atoms with Crippen molar-refractivity contribution in [1.82, 2.24) is 9.97 Å². The molecule has 0 aliphatic carbocycles. The van der Waals surface area contributed by atoms with Gasteiger partial charge in [-0.2, -0.15) is 4.98 Å². The number of phenols is 1. The average molecular weight is 467 g/mol. The highest BCUT2D eigenvalue weighted by Gasteiger charge is 2.15. The number of aromatic hydroxyl groups is 1. The Hall–Kier alpha value is -3.86. The van der Waals surface area contributed by atoms with Gasteiger partial charge in [-0.05, 0) is 42.7 Å². The van der Waals surface area contributed by atoms with Crippen molar-refractivity contribution in [2.45, 2.75) is 39.5 Å². The van der Waals surface area contributed by atoms with Gasteiger partial charge >= 0.3 is 0 Å². The van der Waals surface area contributed by atoms with Crippen LogP contribution in [-0.4, -0.2) is 21.7 Å². The van der Waals surface area contributed by atoms with Crippen LogP contribution in [-0.2, 0) is 0 Å². The highest BCUT2D eigenvalue weighted by atomic mass is 16.5. The molecule has 2 aromatic heterocycles. The van der Waals surface area contributed by atoms with Gasteiger partial charge in [-0.1, -0.05) is 69.5 Å². The van der Waals surface area contributed by atoms with Crippen LogP contribution in [0.3, 0.4) is 0 Å². The third-order valence-electron chi connectivity index (χ3n) is 6.53. The number of rotatable bonds is 9. The van der Waals surface area contributed by atoms with E-state index in [2.05, 4.69) is 31.0 Å². The lowest BCUT2D eigenvalue weighted by Crippen LogP contribution is -2.12. The van der Waals surface area contributed by atoms with Crippen LogP contribution in [0.15, 0.2) is 77.2 Å². The lowest BCUT2D eigenvalue weighted by molar-refractivity contribution is 0.226. The van der Waals surface area contributed by atoms with Gasteiger partial charge in [-0.25, -0.2) is 4.98 Å². The first-order chi connectivity index (χ1) is 17.2. The summed E-state index contributed by atoms with van der Waals surface area (Å²) in [5.41, 5.74) is 3.86. The number of benzene rings is 3. The number of furan rings is 1. The van der Waals surface area contributed by atoms with Crippen molar-refractivity contribution in [3.05, 3.63) is 72.8 Å². The van der Waals surface area contributed by atoms with E-state index in [9.17, 15) is 5.11 Å². The first kappa shape index (κ1) is 22.9. The number of hydrogen-bond donors (Lipinski definition) is 1. The first-order valence-corrected chi connectivity index (χ1v) is 12.4. The molecule has 0 saturated heterocycles. The molecule has 0 radical (unpaired) electrons. The Bertz CT molecular complexity index is 1460. The molecular weight excluding hydrogens is 436 g/mol. The minimum absolute atomic E-state index is 0.137. The van der Waals surface area contributed by atoms with Crippen molar-refractivity contribution in [3.63, 3.8) is 0 Å². The Morgan fingerprint density at radius 3 is 2.51 bits per heavy atom. The monoisotopic (exact) mass is 466 g/mol. The molecule has 0 aliphatic rings. The molecule has 0 saturated carbocycles. The standard InChI is InChI=1S/C30H30N2O3/c1-3-5-10-20(4-2)19-34-29-18-25(31-30(32-29)24-12-6-8-13-26(24)33)21-15-16-23-22-11-7-9-14-27(22)35-28(23)17-21/h6-9,11-18,20,33H,3-5,10,19H2,1-2H3. The van der Waals surface area contributed by atoms with E-state index in [1.54, 1.807) is 12.1 Å². The third kappa shape index (κ3) is 4.85. The van der Waals surface area contributed by atoms with E-state index < -0.39 is 0 Å². The Balaban J connectivity index is 1.55. The fraction of sp³-hybridized carbons (Fsp3) is 0.267. The zero-order valence-corrected chi connectivity index (χ0v) is 20.2. The molecule has 5 rings (SSSR count). The van der Waals surface area contributed by atoms with Gasteiger partial charge in [0.15, 0.2) is 5.82 Å². The fourth-order valence-corrected chi connectivity index (χ4v) is 4.42. The minimum Gasteiger partial charge on any atom is -0.507 e. The molecule has 0 fully saturated rings. The molecule has 35 heavy (non-hydrogen) atoms. The van der Waals surface area contributed by atoms with Crippen LogP contribution in [0.5, 0.6) is 11.6 Å². The van der Waals surface area contributed by atoms with Crippen LogP contribution < -0.4 is 4.74 Å². The highest BCUT2D eigenvalue weighted by Crippen LogP contribution is 2.34. The topological polar surface area (TPSA) is 68.4 Å². The summed E-state index contributed by atoms with van der Waals surface area (Å²) in [5, 5.41) is 12.6. The van der Waals surface area contributed by atoms with Crippen LogP contribution in [0, 0.1) is 5.92 Å². The van der Waals surface area contributed by atoms with E-state index in [4.69, 9.17) is 14.1 Å². The van der Waals surface area contributed by atoms with Gasteiger partial charge in [-0.15, -0.1) is 0 Å². The van der Waals surface area contributed by atoms with Crippen LogP contribution >= 0.6 is 0 Å². The SMILES string of the molecule is CCCCC(CC)COc1cc(-c2ccc3c(c2)oc2ccccc23)nc(-c2ccccc2O)n1. The number of phenolic OH excluding ortho intramolecular Hbond substituents is 1. The van der Waals surface area contributed by atoms with E-state index >= 15 is 0 Å². The summed E-state index contributed by atoms with van der Waals surface area (Å²) >= 11 is 0. The van der Waals surface area contributed by atoms with Gasteiger partial charge in [0.2, 0.25) is 5.88 Å². The number of aromatic nitrogens is 2. The van der Waals surface area contributed by atoms with Gasteiger partial charge in [0.25, 0.3) is 0 Å². The summed E-state index contributed by atoms with van der Waals surface area (Å²) in [5.74, 6) is 1.56. The van der Waals surface area contributed by atoms with Crippen LogP contribution in [0.4, 0.5) is 0 Å². The van der Waals surface area contributed by atoms with E-state index in [1.807, 2.05) is 48.5 Å². The summed E-state index contributed by atoms with van der Waals surface area (Å²) in [6.07, 6.45) is 4.57. The van der Waals surface area contributed by atoms with Gasteiger partial charge in [0, 0.05) is 22.4 Å². The largest absolute Gasteiger partial charge is 0.507 e. The normalized spacial score (nSPS) is 12.3. The van der Waals surface area contributed by atoms with Crippen LogP contribution in [0.25, 0.3) is 44.6 Å². The van der Waals surface area contributed by atoms with Crippen LogP contribution in [0.2, 0.25) is 0 Å². The smallest absolute Gasteiger partial charge is 0.217 e. The lowest BCUT2D eigenvalue weighted by Gasteiger charge is -2.16. The Labute approximate surface area is 205 Å². The summed E-state index contributed by atoms with van der Waals surface area (Å²) < 4.78 is 12.3. The quantitative estimate of drug-likeness (QED) is 0.238. The molecule has 1 atom stereocenters. The van der Waals surface area contributed by atoms with Gasteiger partial charge in [0.1, 0.15) is 16.9 Å². The maximum atomic E-state index is 10.5. The second-order valence-corrected chi connectivity index (χ2v) is 8.97. The second kappa shape index (κ2) is 10.2. The fourth-order valence-electron chi connectivity index (χ4n) is 4.42. The molecule has 5 aromatic rings. The molecule has 0 spiro atoms. The zero-order valence-electron chi connectivity index (χ0n) is 20.2. The number of unbranched alkanes of at least 4 members (excludes halogenated alkanes) is 1. The number of nitrogens with zero attached hydrogens (tertiary/aromatic N) is 2. The summed E-state index contributed by atoms with van der Waals surface area (Å²) in [7, 11) is 0. The minimum atomic E-state index is 0.137. The summed E-state index contributed by atoms with van der Waals surface area (Å²) in [4.78, 5) is 9.46. The zero-order chi connectivity index (χ0) is 24.2. The maximum Gasteiger partial charge on any atom is 0.217 e. The molecule has 3 aromatic carbocycles. The Kier molecular flexibility index (Phi) is 6.66. The molecule has 0 aliphatic heterocycles. The third-order valence-corrected chi connectivity index (χ3v) is 6.53. The van der Waals surface area contributed by atoms with Crippen molar-refractivity contribution in [2.24, 2.45) is 5.92 Å². The Morgan fingerprint density at radius 1 is 0.886 bits per heavy atom. The molecule has 178 valence electrons. The van der Waals surface area contributed by atoms with E-state index in [0.29, 0.717) is 29.8 Å². The van der Waals surface area contributed by atoms with Crippen molar-refractivity contribution in [3.8, 4) is 34.3 Å². The van der Waals surface area contributed by atoms with Gasteiger partial charge < -0.3 is 14.3 Å². The first-order valence-electron chi connectivity index (χ1n) is 12.4. The van der Waals surface area contributed by atoms with Crippen molar-refractivity contribution < 1.29 is 14.3 Å². The lowest BCUT2D eigenvalue weighted by atomic mass is 10.0. The average Bonchev–Trinajstić information content (AvgIpc) is 3.27.